The average molecular weight is 716 g/mol. The molecule has 2 aromatic carbocycles. The molecule has 1 aromatic heterocycles. The zero-order chi connectivity index (χ0) is 36.7. The number of hydrogen-bond donors (Lipinski definition) is 1. The van der Waals surface area contributed by atoms with E-state index < -0.39 is 38.0 Å². The molecule has 0 fully saturated rings. The molecule has 4 unspecified atom stereocenters. The number of carbonyl (C=O) groups is 3. The predicted octanol–water partition coefficient (Wildman–Crippen LogP) is 6.86. The lowest BCUT2D eigenvalue weighted by molar-refractivity contribution is -0.159. The highest BCUT2D eigenvalue weighted by molar-refractivity contribution is 6.60. The van der Waals surface area contributed by atoms with Gasteiger partial charge in [0.2, 0.25) is 0 Å². The van der Waals surface area contributed by atoms with Crippen LogP contribution >= 0.6 is 0 Å². The highest BCUT2D eigenvalue weighted by atomic mass is 28.4. The van der Waals surface area contributed by atoms with Crippen LogP contribution in [-0.4, -0.2) is 83.1 Å². The van der Waals surface area contributed by atoms with Crippen molar-refractivity contribution in [1.29, 1.82) is 0 Å². The van der Waals surface area contributed by atoms with E-state index >= 15 is 0 Å². The van der Waals surface area contributed by atoms with Crippen LogP contribution in [0.5, 0.6) is 0 Å². The number of hydrogen-bond acceptors (Lipinski definition) is 10. The Labute approximate surface area is 297 Å². The molecule has 278 valence electrons. The van der Waals surface area contributed by atoms with Crippen LogP contribution in [-0.2, 0) is 41.9 Å². The molecule has 3 rings (SSSR count). The fraction of sp³-hybridized carbons (Fsp3) is 0.605. The molecule has 1 N–H and O–H groups in total. The van der Waals surface area contributed by atoms with E-state index in [0.717, 1.165) is 21.8 Å². The van der Waals surface area contributed by atoms with Gasteiger partial charge in [0.05, 0.1) is 37.6 Å². The van der Waals surface area contributed by atoms with Crippen LogP contribution in [0.25, 0.3) is 21.8 Å². The van der Waals surface area contributed by atoms with Gasteiger partial charge in [-0.3, -0.25) is 14.4 Å². The van der Waals surface area contributed by atoms with Gasteiger partial charge in [0, 0.05) is 53.7 Å². The summed E-state index contributed by atoms with van der Waals surface area (Å²) in [6.45, 7) is 12.3. The third-order valence-electron chi connectivity index (χ3n) is 9.20. The minimum Gasteiger partial charge on any atom is -0.469 e. The zero-order valence-electron chi connectivity index (χ0n) is 30.9. The Kier molecular flexibility index (Phi) is 16.4. The first-order valence-corrected chi connectivity index (χ1v) is 19.9. The molecule has 0 aliphatic heterocycles. The Morgan fingerprint density at radius 2 is 1.38 bits per heavy atom. The molecule has 1 heterocycles. The van der Waals surface area contributed by atoms with Crippen LogP contribution in [0.15, 0.2) is 48.5 Å². The normalized spacial score (nSPS) is 15.0. The van der Waals surface area contributed by atoms with Gasteiger partial charge in [-0.2, -0.15) is 0 Å². The number of methoxy groups -OCH3 is 1. The van der Waals surface area contributed by atoms with Crippen LogP contribution in [0.1, 0.15) is 79.7 Å². The van der Waals surface area contributed by atoms with E-state index in [-0.39, 0.29) is 44.7 Å². The van der Waals surface area contributed by atoms with E-state index in [9.17, 15) is 19.5 Å². The molecular weight excluding hydrogens is 659 g/mol. The number of nitrogens with zero attached hydrogens (tertiary/aromatic N) is 1. The monoisotopic (exact) mass is 715 g/mol. The Morgan fingerprint density at radius 1 is 0.820 bits per heavy atom. The Morgan fingerprint density at radius 3 is 1.88 bits per heavy atom. The number of aliphatic hydroxyl groups excluding tert-OH is 1. The summed E-state index contributed by atoms with van der Waals surface area (Å²) in [6, 6.07) is 16.3. The second kappa shape index (κ2) is 19.9. The van der Waals surface area contributed by atoms with Crippen molar-refractivity contribution in [2.24, 2.45) is 17.3 Å². The molecule has 3 aromatic rings. The van der Waals surface area contributed by atoms with Gasteiger partial charge in [-0.05, 0) is 71.9 Å². The first-order valence-electron chi connectivity index (χ1n) is 18.0. The van der Waals surface area contributed by atoms with Crippen LogP contribution < -0.4 is 0 Å². The maximum absolute atomic E-state index is 14.3. The van der Waals surface area contributed by atoms with E-state index in [2.05, 4.69) is 16.7 Å². The van der Waals surface area contributed by atoms with E-state index in [1.165, 1.54) is 7.11 Å². The molecule has 0 spiro atoms. The fourth-order valence-corrected chi connectivity index (χ4v) is 9.50. The number of aromatic nitrogens is 1. The van der Waals surface area contributed by atoms with Crippen molar-refractivity contribution in [3.05, 3.63) is 48.5 Å². The van der Waals surface area contributed by atoms with Crippen LogP contribution in [0.2, 0.25) is 6.04 Å². The number of ether oxygens (including phenoxy) is 3. The van der Waals surface area contributed by atoms with Crippen molar-refractivity contribution in [3.8, 4) is 0 Å². The molecule has 0 bridgehead atoms. The number of carbonyl (C=O) groups excluding carboxylic acids is 3. The van der Waals surface area contributed by atoms with Crippen LogP contribution in [0.4, 0.5) is 0 Å². The quantitative estimate of drug-likeness (QED) is 0.0481. The molecule has 0 aliphatic rings. The fourth-order valence-electron chi connectivity index (χ4n) is 6.92. The second-order valence-electron chi connectivity index (χ2n) is 12.9. The average Bonchev–Trinajstić information content (AvgIpc) is 3.45. The van der Waals surface area contributed by atoms with Gasteiger partial charge in [0.15, 0.2) is 0 Å². The van der Waals surface area contributed by atoms with Gasteiger partial charge in [0.25, 0.3) is 0 Å². The first-order chi connectivity index (χ1) is 24.0. The van der Waals surface area contributed by atoms with Crippen molar-refractivity contribution in [2.45, 2.75) is 85.7 Å². The first kappa shape index (κ1) is 41.1. The van der Waals surface area contributed by atoms with E-state index in [4.69, 9.17) is 27.5 Å². The van der Waals surface area contributed by atoms with Crippen molar-refractivity contribution in [2.75, 3.05) is 46.8 Å². The number of fused-ring (bicyclic) bond motifs is 3. The molecule has 0 radical (unpaired) electrons. The SMILES string of the molecule is CCO[Si](CCCOC(=O)C(C)(CC(CC)C(=O)OC)CC(CC(C)C(=O)OCCO)n1c2ccccc2c2ccccc21)(OCC)OCC. The summed E-state index contributed by atoms with van der Waals surface area (Å²) in [4.78, 5) is 40.3. The number of rotatable bonds is 23. The molecule has 0 saturated carbocycles. The molecule has 0 amide bonds. The lowest BCUT2D eigenvalue weighted by Gasteiger charge is -2.35. The summed E-state index contributed by atoms with van der Waals surface area (Å²) in [7, 11) is -1.58. The summed E-state index contributed by atoms with van der Waals surface area (Å²) >= 11 is 0. The lowest BCUT2D eigenvalue weighted by atomic mass is 9.74. The van der Waals surface area contributed by atoms with Crippen molar-refractivity contribution in [3.63, 3.8) is 0 Å². The highest BCUT2D eigenvalue weighted by Crippen LogP contribution is 2.43. The Bertz CT molecular complexity index is 1460. The van der Waals surface area contributed by atoms with Gasteiger partial charge in [-0.25, -0.2) is 0 Å². The number of para-hydroxylation sites is 2. The minimum absolute atomic E-state index is 0.0927. The molecular formula is C38H57NO10Si. The smallest absolute Gasteiger partial charge is 0.469 e. The Hall–Kier alpha value is -3.29. The van der Waals surface area contributed by atoms with Crippen molar-refractivity contribution >= 4 is 48.5 Å². The number of esters is 3. The zero-order valence-corrected chi connectivity index (χ0v) is 31.9. The molecule has 50 heavy (non-hydrogen) atoms. The van der Waals surface area contributed by atoms with Crippen molar-refractivity contribution < 1.29 is 47.0 Å². The standard InChI is InChI=1S/C38H57NO10Si/c1-8-29(36(42)44-7)26-38(6,37(43)46-22-16-24-50(47-9-2,48-10-3)49-11-4)27-30(25-28(5)35(41)45-23-21-40)39-33-19-14-12-17-31(33)32-18-13-15-20-34(32)39/h12-15,17-20,28-30,40H,8-11,16,21-27H2,1-7H3. The maximum atomic E-state index is 14.3. The lowest BCUT2D eigenvalue weighted by Crippen LogP contribution is -2.46. The van der Waals surface area contributed by atoms with Gasteiger partial charge >= 0.3 is 26.7 Å². The third kappa shape index (κ3) is 10.4. The largest absolute Gasteiger partial charge is 0.501 e. The minimum atomic E-state index is -2.93. The van der Waals surface area contributed by atoms with Crippen molar-refractivity contribution in [1.82, 2.24) is 4.57 Å². The van der Waals surface area contributed by atoms with E-state index in [1.54, 1.807) is 6.92 Å². The number of benzene rings is 2. The van der Waals surface area contributed by atoms with Gasteiger partial charge < -0.3 is 37.2 Å². The summed E-state index contributed by atoms with van der Waals surface area (Å²) in [5.41, 5.74) is 0.790. The second-order valence-corrected chi connectivity index (χ2v) is 15.6. The van der Waals surface area contributed by atoms with Gasteiger partial charge in [-0.15, -0.1) is 0 Å². The summed E-state index contributed by atoms with van der Waals surface area (Å²) < 4.78 is 36.7. The van der Waals surface area contributed by atoms with Crippen LogP contribution in [0.3, 0.4) is 0 Å². The van der Waals surface area contributed by atoms with Gasteiger partial charge in [-0.1, -0.05) is 50.2 Å². The molecule has 0 aliphatic carbocycles. The maximum Gasteiger partial charge on any atom is 0.501 e. The summed E-state index contributed by atoms with van der Waals surface area (Å²) in [6.07, 6.45) is 1.77. The topological polar surface area (TPSA) is 132 Å². The molecule has 4 atom stereocenters. The predicted molar refractivity (Wildman–Crippen MR) is 194 cm³/mol. The molecule has 0 saturated heterocycles. The summed E-state index contributed by atoms with van der Waals surface area (Å²) in [5.74, 6) is -2.35. The molecule has 12 heteroatoms. The van der Waals surface area contributed by atoms with E-state index in [1.807, 2.05) is 71.0 Å². The van der Waals surface area contributed by atoms with Crippen LogP contribution in [0, 0.1) is 17.3 Å². The number of aliphatic hydroxyl groups is 1. The summed E-state index contributed by atoms with van der Waals surface area (Å²) in [5, 5.41) is 11.4. The molecule has 11 nitrogen and oxygen atoms in total. The highest BCUT2D eigenvalue weighted by Gasteiger charge is 2.43. The van der Waals surface area contributed by atoms with E-state index in [0.29, 0.717) is 45.1 Å². The third-order valence-corrected chi connectivity index (χ3v) is 12.4. The Balaban J connectivity index is 2.04. The van der Waals surface area contributed by atoms with Gasteiger partial charge in [0.1, 0.15) is 6.61 Å².